The molecule has 3 unspecified atom stereocenters. The molecule has 0 amide bonds. The molecule has 0 bridgehead atoms. The van der Waals surface area contributed by atoms with Gasteiger partial charge >= 0.3 is 0 Å². The molecule has 4 atom stereocenters. The predicted octanol–water partition coefficient (Wildman–Crippen LogP) is 0.452. The summed E-state index contributed by atoms with van der Waals surface area (Å²) in [6.07, 6.45) is 0.815. The lowest BCUT2D eigenvalue weighted by atomic mass is 10.2. The number of epoxide rings is 1. The van der Waals surface area contributed by atoms with Crippen LogP contribution < -0.4 is 5.09 Å². The van der Waals surface area contributed by atoms with Gasteiger partial charge in [0.15, 0.2) is 0 Å². The summed E-state index contributed by atoms with van der Waals surface area (Å²) < 4.78 is 5.24. The summed E-state index contributed by atoms with van der Waals surface area (Å²) in [6.45, 7) is 2.07. The monoisotopic (exact) mass is 165 g/mol. The molecule has 2 nitrogen and oxygen atoms in total. The van der Waals surface area contributed by atoms with Crippen LogP contribution in [0.5, 0.6) is 0 Å². The first kappa shape index (κ1) is 7.80. The molecule has 1 saturated heterocycles. The Balaban J connectivity index is 2.23. The van der Waals surface area contributed by atoms with Gasteiger partial charge in [-0.1, -0.05) is 9.39 Å². The first-order chi connectivity index (χ1) is 4.29. The predicted molar refractivity (Wildman–Crippen MR) is 44.8 cm³/mol. The molecule has 0 saturated carbocycles. The lowest BCUT2D eigenvalue weighted by molar-refractivity contribution is 0.356. The van der Waals surface area contributed by atoms with Crippen molar-refractivity contribution in [3.05, 3.63) is 0 Å². The summed E-state index contributed by atoms with van der Waals surface area (Å²) in [5.41, 5.74) is 0. The second-order valence-electron chi connectivity index (χ2n) is 2.26. The van der Waals surface area contributed by atoms with Crippen molar-refractivity contribution in [2.75, 3.05) is 5.75 Å². The minimum atomic E-state index is 0.389. The maximum Gasteiger partial charge on any atom is 0.100 e. The highest BCUT2D eigenvalue weighted by atomic mass is 32.1. The van der Waals surface area contributed by atoms with Crippen molar-refractivity contribution >= 4 is 22.0 Å². The Morgan fingerprint density at radius 1 is 1.89 bits per heavy atom. The summed E-state index contributed by atoms with van der Waals surface area (Å²) in [5.74, 6) is 0.832. The maximum absolute atomic E-state index is 5.24. The van der Waals surface area contributed by atoms with Crippen LogP contribution in [0.4, 0.5) is 0 Å². The molecular formula is C5H12NOPS. The van der Waals surface area contributed by atoms with Crippen molar-refractivity contribution in [2.24, 2.45) is 0 Å². The van der Waals surface area contributed by atoms with E-state index in [1.165, 1.54) is 0 Å². The van der Waals surface area contributed by atoms with E-state index in [9.17, 15) is 0 Å². The Bertz CT molecular complexity index is 99.0. The van der Waals surface area contributed by atoms with Crippen molar-refractivity contribution in [1.29, 1.82) is 0 Å². The van der Waals surface area contributed by atoms with Crippen LogP contribution in [0, 0.1) is 0 Å². The van der Waals surface area contributed by atoms with E-state index in [0.29, 0.717) is 18.2 Å². The molecule has 1 rings (SSSR count). The van der Waals surface area contributed by atoms with Crippen LogP contribution >= 0.6 is 22.0 Å². The summed E-state index contributed by atoms with van der Waals surface area (Å²) in [5, 5.41) is 3.06. The van der Waals surface area contributed by atoms with Crippen molar-refractivity contribution in [3.63, 3.8) is 0 Å². The molecule has 1 aliphatic heterocycles. The van der Waals surface area contributed by atoms with Gasteiger partial charge < -0.3 is 4.74 Å². The van der Waals surface area contributed by atoms with Crippen molar-refractivity contribution in [3.8, 4) is 0 Å². The molecule has 1 heterocycles. The lowest BCUT2D eigenvalue weighted by Crippen LogP contribution is -2.29. The van der Waals surface area contributed by atoms with Crippen LogP contribution in [0.1, 0.15) is 6.92 Å². The van der Waals surface area contributed by atoms with Gasteiger partial charge in [-0.2, -0.15) is 12.6 Å². The van der Waals surface area contributed by atoms with E-state index in [1.54, 1.807) is 0 Å². The van der Waals surface area contributed by atoms with E-state index in [0.717, 1.165) is 5.75 Å². The topological polar surface area (TPSA) is 24.6 Å². The SMILES string of the molecule is CC1OC1[C@H](CS)NP. The Labute approximate surface area is 63.4 Å². The van der Waals surface area contributed by atoms with Crippen LogP contribution in [0.3, 0.4) is 0 Å². The number of thiol groups is 1. The summed E-state index contributed by atoms with van der Waals surface area (Å²) in [6, 6.07) is 0.397. The highest BCUT2D eigenvalue weighted by molar-refractivity contribution is 7.80. The molecular weight excluding hydrogens is 153 g/mol. The third kappa shape index (κ3) is 1.81. The third-order valence-electron chi connectivity index (χ3n) is 1.57. The van der Waals surface area contributed by atoms with Gasteiger partial charge in [-0.25, -0.2) is 0 Å². The fraction of sp³-hybridized carbons (Fsp3) is 1.00. The zero-order valence-electron chi connectivity index (χ0n) is 5.37. The number of nitrogens with one attached hydrogen (secondary N) is 1. The Kier molecular flexibility index (Phi) is 2.77. The standard InChI is InChI=1S/C5H12NOPS/c1-3-5(7-3)4(2-9)6-8/h3-6,9H,2,8H2,1H3/t3?,4-,5?/m0/s1. The van der Waals surface area contributed by atoms with Crippen molar-refractivity contribution < 1.29 is 4.74 Å². The van der Waals surface area contributed by atoms with Gasteiger partial charge in [0.25, 0.3) is 0 Å². The quantitative estimate of drug-likeness (QED) is 0.360. The number of rotatable bonds is 3. The second kappa shape index (κ2) is 3.20. The van der Waals surface area contributed by atoms with Crippen LogP contribution in [0.25, 0.3) is 0 Å². The zero-order chi connectivity index (χ0) is 6.85. The second-order valence-corrected chi connectivity index (χ2v) is 2.96. The molecule has 1 fully saturated rings. The molecule has 0 radical (unpaired) electrons. The van der Waals surface area contributed by atoms with Gasteiger partial charge in [0.05, 0.1) is 6.10 Å². The zero-order valence-corrected chi connectivity index (χ0v) is 7.42. The van der Waals surface area contributed by atoms with E-state index >= 15 is 0 Å². The fourth-order valence-electron chi connectivity index (χ4n) is 0.876. The molecule has 4 heteroatoms. The van der Waals surface area contributed by atoms with Gasteiger partial charge in [-0.15, -0.1) is 0 Å². The lowest BCUT2D eigenvalue weighted by Gasteiger charge is -2.07. The average Bonchev–Trinajstić information content (AvgIpc) is 2.51. The van der Waals surface area contributed by atoms with Gasteiger partial charge in [-0.3, -0.25) is 5.09 Å². The Morgan fingerprint density at radius 3 is 2.56 bits per heavy atom. The van der Waals surface area contributed by atoms with Gasteiger partial charge in [0.2, 0.25) is 0 Å². The molecule has 54 valence electrons. The van der Waals surface area contributed by atoms with Crippen LogP contribution in [-0.2, 0) is 4.74 Å². The summed E-state index contributed by atoms with van der Waals surface area (Å²) in [7, 11) is 2.48. The molecule has 0 aromatic carbocycles. The fourth-order valence-corrected chi connectivity index (χ4v) is 1.70. The van der Waals surface area contributed by atoms with Crippen LogP contribution in [0.2, 0.25) is 0 Å². The minimum Gasteiger partial charge on any atom is -0.368 e. The minimum absolute atomic E-state index is 0.389. The Hall–Kier alpha value is 0.700. The molecule has 0 aromatic rings. The van der Waals surface area contributed by atoms with E-state index in [-0.39, 0.29) is 0 Å². The molecule has 9 heavy (non-hydrogen) atoms. The van der Waals surface area contributed by atoms with E-state index < -0.39 is 0 Å². The third-order valence-corrected chi connectivity index (χ3v) is 2.39. The maximum atomic E-state index is 5.24. The highest BCUT2D eigenvalue weighted by Crippen LogP contribution is 2.25. The number of hydrogen-bond donors (Lipinski definition) is 2. The van der Waals surface area contributed by atoms with Gasteiger partial charge in [0, 0.05) is 11.8 Å². The summed E-state index contributed by atoms with van der Waals surface area (Å²) in [4.78, 5) is 0. The first-order valence-electron chi connectivity index (χ1n) is 3.02. The smallest absolute Gasteiger partial charge is 0.100 e. The number of hydrogen-bond acceptors (Lipinski definition) is 3. The van der Waals surface area contributed by atoms with E-state index in [4.69, 9.17) is 4.74 Å². The van der Waals surface area contributed by atoms with Gasteiger partial charge in [-0.05, 0) is 6.92 Å². The molecule has 0 aliphatic carbocycles. The van der Waals surface area contributed by atoms with Crippen molar-refractivity contribution in [2.45, 2.75) is 25.2 Å². The van der Waals surface area contributed by atoms with E-state index in [1.807, 2.05) is 0 Å². The van der Waals surface area contributed by atoms with Crippen LogP contribution in [-0.4, -0.2) is 24.0 Å². The Morgan fingerprint density at radius 2 is 2.44 bits per heavy atom. The number of ether oxygens (including phenoxy) is 1. The average molecular weight is 165 g/mol. The van der Waals surface area contributed by atoms with Crippen LogP contribution in [0.15, 0.2) is 0 Å². The summed E-state index contributed by atoms with van der Waals surface area (Å²) >= 11 is 4.16. The highest BCUT2D eigenvalue weighted by Gasteiger charge is 2.39. The first-order valence-corrected chi connectivity index (χ1v) is 4.23. The molecule has 1 aliphatic rings. The molecule has 0 aromatic heterocycles. The van der Waals surface area contributed by atoms with E-state index in [2.05, 4.69) is 34.0 Å². The van der Waals surface area contributed by atoms with Crippen molar-refractivity contribution in [1.82, 2.24) is 5.09 Å². The molecule has 0 spiro atoms. The largest absolute Gasteiger partial charge is 0.368 e. The van der Waals surface area contributed by atoms with Gasteiger partial charge in [0.1, 0.15) is 6.10 Å². The molecule has 1 N–H and O–H groups in total. The normalized spacial score (nSPS) is 36.3.